The van der Waals surface area contributed by atoms with Gasteiger partial charge in [0.25, 0.3) is 0 Å². The average molecular weight is 335 g/mol. The topological polar surface area (TPSA) is 57.9 Å². The first kappa shape index (κ1) is 17.5. The van der Waals surface area contributed by atoms with E-state index in [4.69, 9.17) is 4.74 Å². The standard InChI is InChI=1S/C18H29N3O3/c1-19-15(13-21-8-10-24-11-9-21)12-17(22)18(23)16(19)14-20-6-4-2-3-5-7-20/h12,23H,2-11,13-14H2,1H3. The van der Waals surface area contributed by atoms with Crippen LogP contribution in [0, 0.1) is 0 Å². The third kappa shape index (κ3) is 4.18. The second-order valence-corrected chi connectivity index (χ2v) is 6.93. The number of aromatic nitrogens is 1. The number of nitrogens with zero attached hydrogens (tertiary/aromatic N) is 3. The lowest BCUT2D eigenvalue weighted by atomic mass is 10.2. The van der Waals surface area contributed by atoms with Crippen molar-refractivity contribution in [2.24, 2.45) is 7.05 Å². The van der Waals surface area contributed by atoms with Crippen LogP contribution in [0.3, 0.4) is 0 Å². The van der Waals surface area contributed by atoms with Crippen molar-refractivity contribution in [1.82, 2.24) is 14.4 Å². The summed E-state index contributed by atoms with van der Waals surface area (Å²) in [6.45, 7) is 6.71. The average Bonchev–Trinajstić information content (AvgIpc) is 2.86. The minimum atomic E-state index is -0.263. The molecule has 0 bridgehead atoms. The van der Waals surface area contributed by atoms with Gasteiger partial charge in [-0.2, -0.15) is 0 Å². The molecule has 0 unspecified atom stereocenters. The van der Waals surface area contributed by atoms with Gasteiger partial charge in [0.2, 0.25) is 5.43 Å². The van der Waals surface area contributed by atoms with Gasteiger partial charge in [-0.3, -0.25) is 14.6 Å². The van der Waals surface area contributed by atoms with Crippen molar-refractivity contribution in [1.29, 1.82) is 0 Å². The van der Waals surface area contributed by atoms with Crippen LogP contribution in [0.5, 0.6) is 5.75 Å². The fourth-order valence-corrected chi connectivity index (χ4v) is 3.62. The monoisotopic (exact) mass is 335 g/mol. The van der Waals surface area contributed by atoms with Crippen LogP contribution >= 0.6 is 0 Å². The van der Waals surface area contributed by atoms with Gasteiger partial charge in [0, 0.05) is 45.0 Å². The SMILES string of the molecule is Cn1c(CN2CCOCC2)cc(=O)c(O)c1CN1CCCCCC1. The molecule has 0 amide bonds. The van der Waals surface area contributed by atoms with Gasteiger partial charge in [-0.05, 0) is 25.9 Å². The Morgan fingerprint density at radius 1 is 1.00 bits per heavy atom. The Hall–Kier alpha value is -1.37. The van der Waals surface area contributed by atoms with E-state index in [1.54, 1.807) is 6.07 Å². The minimum absolute atomic E-state index is 0.0903. The number of aromatic hydroxyl groups is 1. The normalized spacial score (nSPS) is 20.9. The molecule has 1 aromatic heterocycles. The number of pyridine rings is 1. The molecule has 134 valence electrons. The van der Waals surface area contributed by atoms with E-state index in [1.165, 1.54) is 25.7 Å². The summed E-state index contributed by atoms with van der Waals surface area (Å²) in [6, 6.07) is 1.58. The minimum Gasteiger partial charge on any atom is -0.503 e. The number of likely N-dealkylation sites (tertiary alicyclic amines) is 1. The molecule has 3 heterocycles. The smallest absolute Gasteiger partial charge is 0.223 e. The van der Waals surface area contributed by atoms with Gasteiger partial charge in [-0.25, -0.2) is 0 Å². The molecular weight excluding hydrogens is 306 g/mol. The zero-order valence-corrected chi connectivity index (χ0v) is 14.7. The van der Waals surface area contributed by atoms with E-state index < -0.39 is 0 Å². The Morgan fingerprint density at radius 2 is 1.62 bits per heavy atom. The molecular formula is C18H29N3O3. The molecule has 3 rings (SSSR count). The molecule has 6 heteroatoms. The maximum absolute atomic E-state index is 12.2. The lowest BCUT2D eigenvalue weighted by Gasteiger charge is -2.28. The lowest BCUT2D eigenvalue weighted by Crippen LogP contribution is -2.37. The molecule has 2 aliphatic rings. The van der Waals surface area contributed by atoms with Crippen molar-refractivity contribution in [3.8, 4) is 5.75 Å². The molecule has 0 saturated carbocycles. The van der Waals surface area contributed by atoms with E-state index in [0.29, 0.717) is 6.54 Å². The van der Waals surface area contributed by atoms with Crippen LogP contribution in [-0.4, -0.2) is 58.9 Å². The molecule has 1 N–H and O–H groups in total. The van der Waals surface area contributed by atoms with Crippen molar-refractivity contribution in [2.45, 2.75) is 38.8 Å². The number of hydrogen-bond donors (Lipinski definition) is 1. The number of hydrogen-bond acceptors (Lipinski definition) is 5. The molecule has 0 atom stereocenters. The van der Waals surface area contributed by atoms with Gasteiger partial charge in [0.05, 0.1) is 18.9 Å². The van der Waals surface area contributed by atoms with E-state index in [2.05, 4.69) is 9.80 Å². The van der Waals surface area contributed by atoms with Gasteiger partial charge in [0.1, 0.15) is 0 Å². The van der Waals surface area contributed by atoms with E-state index in [0.717, 1.165) is 57.3 Å². The molecule has 0 aromatic carbocycles. The lowest BCUT2D eigenvalue weighted by molar-refractivity contribution is 0.0331. The molecule has 0 radical (unpaired) electrons. The quantitative estimate of drug-likeness (QED) is 0.899. The first-order valence-corrected chi connectivity index (χ1v) is 9.08. The van der Waals surface area contributed by atoms with Crippen LogP contribution in [0.4, 0.5) is 0 Å². The first-order valence-electron chi connectivity index (χ1n) is 9.08. The molecule has 0 aliphatic carbocycles. The molecule has 24 heavy (non-hydrogen) atoms. The predicted molar refractivity (Wildman–Crippen MR) is 93.2 cm³/mol. The number of ether oxygens (including phenoxy) is 1. The Balaban J connectivity index is 1.80. The molecule has 0 spiro atoms. The van der Waals surface area contributed by atoms with Crippen LogP contribution in [0.25, 0.3) is 0 Å². The van der Waals surface area contributed by atoms with E-state index in [-0.39, 0.29) is 11.2 Å². The highest BCUT2D eigenvalue weighted by molar-refractivity contribution is 5.30. The van der Waals surface area contributed by atoms with Crippen molar-refractivity contribution in [2.75, 3.05) is 39.4 Å². The molecule has 1 aromatic rings. The third-order valence-corrected chi connectivity index (χ3v) is 5.20. The van der Waals surface area contributed by atoms with Crippen molar-refractivity contribution in [3.05, 3.63) is 27.7 Å². The molecule has 2 fully saturated rings. The largest absolute Gasteiger partial charge is 0.503 e. The molecule has 6 nitrogen and oxygen atoms in total. The summed E-state index contributed by atoms with van der Waals surface area (Å²) in [5.41, 5.74) is 1.44. The number of morpholine rings is 1. The van der Waals surface area contributed by atoms with Gasteiger partial charge in [-0.15, -0.1) is 0 Å². The highest BCUT2D eigenvalue weighted by atomic mass is 16.5. The van der Waals surface area contributed by atoms with Gasteiger partial charge < -0.3 is 14.4 Å². The summed E-state index contributed by atoms with van der Waals surface area (Å²) in [6.07, 6.45) is 4.95. The van der Waals surface area contributed by atoms with Gasteiger partial charge in [-0.1, -0.05) is 12.8 Å². The summed E-state index contributed by atoms with van der Waals surface area (Å²) in [4.78, 5) is 16.9. The Bertz CT molecular complexity index is 600. The summed E-state index contributed by atoms with van der Waals surface area (Å²) in [5.74, 6) is -0.0903. The summed E-state index contributed by atoms with van der Waals surface area (Å²) >= 11 is 0. The Morgan fingerprint density at radius 3 is 2.29 bits per heavy atom. The van der Waals surface area contributed by atoms with E-state index in [9.17, 15) is 9.90 Å². The fourth-order valence-electron chi connectivity index (χ4n) is 3.62. The van der Waals surface area contributed by atoms with Crippen molar-refractivity contribution < 1.29 is 9.84 Å². The Labute approximate surface area is 143 Å². The first-order chi connectivity index (χ1) is 11.6. The maximum atomic E-state index is 12.2. The van der Waals surface area contributed by atoms with Gasteiger partial charge >= 0.3 is 0 Å². The maximum Gasteiger partial charge on any atom is 0.223 e. The highest BCUT2D eigenvalue weighted by Crippen LogP contribution is 2.19. The van der Waals surface area contributed by atoms with Crippen LogP contribution < -0.4 is 5.43 Å². The summed E-state index contributed by atoms with van der Waals surface area (Å²) in [5, 5.41) is 10.3. The fraction of sp³-hybridized carbons (Fsp3) is 0.722. The van der Waals surface area contributed by atoms with Gasteiger partial charge in [0.15, 0.2) is 5.75 Å². The molecule has 2 saturated heterocycles. The summed E-state index contributed by atoms with van der Waals surface area (Å²) in [7, 11) is 1.96. The van der Waals surface area contributed by atoms with Crippen LogP contribution in [0.1, 0.15) is 37.1 Å². The zero-order valence-electron chi connectivity index (χ0n) is 14.7. The predicted octanol–water partition coefficient (Wildman–Crippen LogP) is 1.30. The second kappa shape index (κ2) is 8.14. The van der Waals surface area contributed by atoms with Crippen molar-refractivity contribution in [3.63, 3.8) is 0 Å². The van der Waals surface area contributed by atoms with Crippen LogP contribution in [0.2, 0.25) is 0 Å². The summed E-state index contributed by atoms with van der Waals surface area (Å²) < 4.78 is 7.40. The van der Waals surface area contributed by atoms with Crippen LogP contribution in [0.15, 0.2) is 10.9 Å². The van der Waals surface area contributed by atoms with Crippen molar-refractivity contribution >= 4 is 0 Å². The van der Waals surface area contributed by atoms with E-state index in [1.807, 2.05) is 11.6 Å². The van der Waals surface area contributed by atoms with E-state index >= 15 is 0 Å². The zero-order chi connectivity index (χ0) is 16.9. The van der Waals surface area contributed by atoms with Crippen LogP contribution in [-0.2, 0) is 24.9 Å². The third-order valence-electron chi connectivity index (χ3n) is 5.20. The Kier molecular flexibility index (Phi) is 5.92. The number of rotatable bonds is 4. The highest BCUT2D eigenvalue weighted by Gasteiger charge is 2.19. The second-order valence-electron chi connectivity index (χ2n) is 6.93. The molecule has 2 aliphatic heterocycles.